The van der Waals surface area contributed by atoms with Crippen molar-refractivity contribution in [2.75, 3.05) is 27.3 Å². The van der Waals surface area contributed by atoms with Crippen molar-refractivity contribution in [2.45, 2.75) is 0 Å². The number of ether oxygens (including phenoxy) is 2. The van der Waals surface area contributed by atoms with E-state index in [1.165, 1.54) is 0 Å². The van der Waals surface area contributed by atoms with E-state index in [4.69, 9.17) is 0 Å². The fourth-order valence-electron chi connectivity index (χ4n) is 1.26. The molecule has 9 nitrogen and oxygen atoms in total. The molecule has 19 heavy (non-hydrogen) atoms. The fourth-order valence-corrected chi connectivity index (χ4v) is 1.26. The van der Waals surface area contributed by atoms with Crippen molar-refractivity contribution in [1.82, 2.24) is 14.9 Å². The standard InChI is InChI=1S/C10H13N3O6/c1-18-7(14)4-13(5-8(15)19-2)9(16)6-3-11-10(17)12-6/h3H,4-5H2,1-2H3,(H2,11,12,17). The molecule has 0 atom stereocenters. The summed E-state index contributed by atoms with van der Waals surface area (Å²) in [7, 11) is 2.31. The summed E-state index contributed by atoms with van der Waals surface area (Å²) in [6.07, 6.45) is 1.15. The van der Waals surface area contributed by atoms with Crippen LogP contribution in [-0.4, -0.2) is 60.0 Å². The minimum atomic E-state index is -0.700. The van der Waals surface area contributed by atoms with Gasteiger partial charge >= 0.3 is 17.6 Å². The average Bonchev–Trinajstić information content (AvgIpc) is 2.83. The lowest BCUT2D eigenvalue weighted by atomic mass is 10.3. The van der Waals surface area contributed by atoms with Crippen molar-refractivity contribution in [2.24, 2.45) is 0 Å². The third-order valence-corrected chi connectivity index (χ3v) is 2.21. The largest absolute Gasteiger partial charge is 0.468 e. The Morgan fingerprint density at radius 2 is 1.68 bits per heavy atom. The van der Waals surface area contributed by atoms with Crippen molar-refractivity contribution in [3.63, 3.8) is 0 Å². The number of amides is 1. The number of carbonyl (C=O) groups excluding carboxylic acids is 3. The first-order valence-electron chi connectivity index (χ1n) is 5.18. The molecule has 0 unspecified atom stereocenters. The molecule has 104 valence electrons. The first-order valence-corrected chi connectivity index (χ1v) is 5.18. The van der Waals surface area contributed by atoms with Crippen molar-refractivity contribution in [3.8, 4) is 0 Å². The Hall–Kier alpha value is -2.58. The Labute approximate surface area is 107 Å². The van der Waals surface area contributed by atoms with Crippen molar-refractivity contribution < 1.29 is 23.9 Å². The van der Waals surface area contributed by atoms with Crippen LogP contribution in [0.3, 0.4) is 0 Å². The summed E-state index contributed by atoms with van der Waals surface area (Å²) in [6, 6.07) is 0. The molecule has 1 aromatic rings. The van der Waals surface area contributed by atoms with Gasteiger partial charge in [0.25, 0.3) is 5.91 Å². The number of esters is 2. The van der Waals surface area contributed by atoms with Crippen LogP contribution in [0.1, 0.15) is 10.5 Å². The molecular formula is C10H13N3O6. The molecule has 0 aliphatic heterocycles. The number of hydrogen-bond acceptors (Lipinski definition) is 6. The Balaban J connectivity index is 2.88. The van der Waals surface area contributed by atoms with E-state index in [1.54, 1.807) is 0 Å². The number of nitrogens with one attached hydrogen (secondary N) is 2. The maximum absolute atomic E-state index is 12.0. The van der Waals surface area contributed by atoms with E-state index in [1.807, 2.05) is 0 Å². The van der Waals surface area contributed by atoms with Crippen LogP contribution >= 0.6 is 0 Å². The van der Waals surface area contributed by atoms with Gasteiger partial charge in [0.15, 0.2) is 0 Å². The van der Waals surface area contributed by atoms with E-state index >= 15 is 0 Å². The minimum absolute atomic E-state index is 0.0715. The summed E-state index contributed by atoms with van der Waals surface area (Å²) in [5.41, 5.74) is -0.641. The molecule has 1 amide bonds. The molecule has 2 N–H and O–H groups in total. The van der Waals surface area contributed by atoms with Crippen molar-refractivity contribution in [1.29, 1.82) is 0 Å². The highest BCUT2D eigenvalue weighted by molar-refractivity contribution is 5.96. The first-order chi connectivity index (χ1) is 8.97. The van der Waals surface area contributed by atoms with E-state index in [9.17, 15) is 19.2 Å². The van der Waals surface area contributed by atoms with E-state index < -0.39 is 36.6 Å². The maximum atomic E-state index is 12.0. The normalized spacial score (nSPS) is 9.79. The quantitative estimate of drug-likeness (QED) is 0.628. The van der Waals surface area contributed by atoms with E-state index in [2.05, 4.69) is 19.4 Å². The summed E-state index contributed by atoms with van der Waals surface area (Å²) in [4.78, 5) is 50.6. The Morgan fingerprint density at radius 3 is 2.05 bits per heavy atom. The van der Waals surface area contributed by atoms with Gasteiger partial charge in [0.05, 0.1) is 14.2 Å². The number of carbonyl (C=O) groups is 3. The molecule has 9 heteroatoms. The summed E-state index contributed by atoms with van der Waals surface area (Å²) < 4.78 is 8.84. The van der Waals surface area contributed by atoms with Crippen LogP contribution in [0.5, 0.6) is 0 Å². The van der Waals surface area contributed by atoms with Gasteiger partial charge < -0.3 is 24.3 Å². The number of imidazole rings is 1. The van der Waals surface area contributed by atoms with Gasteiger partial charge in [-0.05, 0) is 0 Å². The number of aromatic amines is 2. The Morgan fingerprint density at radius 1 is 1.16 bits per heavy atom. The van der Waals surface area contributed by atoms with Gasteiger partial charge in [-0.2, -0.15) is 0 Å². The second kappa shape index (κ2) is 6.38. The van der Waals surface area contributed by atoms with Gasteiger partial charge in [-0.25, -0.2) is 4.79 Å². The zero-order chi connectivity index (χ0) is 14.4. The lowest BCUT2D eigenvalue weighted by Crippen LogP contribution is -2.40. The molecule has 0 spiro atoms. The van der Waals surface area contributed by atoms with Crippen LogP contribution in [0.15, 0.2) is 11.0 Å². The molecule has 0 saturated carbocycles. The molecular weight excluding hydrogens is 258 g/mol. The molecule has 1 rings (SSSR count). The van der Waals surface area contributed by atoms with E-state index in [0.717, 1.165) is 25.3 Å². The maximum Gasteiger partial charge on any atom is 0.325 e. The average molecular weight is 271 g/mol. The zero-order valence-corrected chi connectivity index (χ0v) is 10.4. The minimum Gasteiger partial charge on any atom is -0.468 e. The second-order valence-corrected chi connectivity index (χ2v) is 3.47. The van der Waals surface area contributed by atoms with Crippen LogP contribution in [0.4, 0.5) is 0 Å². The van der Waals surface area contributed by atoms with Crippen LogP contribution in [0.2, 0.25) is 0 Å². The second-order valence-electron chi connectivity index (χ2n) is 3.47. The SMILES string of the molecule is COC(=O)CN(CC(=O)OC)C(=O)c1c[nH]c(=O)[nH]1. The molecule has 0 aliphatic rings. The lowest BCUT2D eigenvalue weighted by molar-refractivity contribution is -0.144. The molecule has 0 radical (unpaired) electrons. The van der Waals surface area contributed by atoms with Gasteiger partial charge in [0.2, 0.25) is 0 Å². The van der Waals surface area contributed by atoms with Crippen molar-refractivity contribution >= 4 is 17.8 Å². The van der Waals surface area contributed by atoms with Gasteiger partial charge in [0, 0.05) is 6.20 Å². The molecule has 0 fully saturated rings. The molecule has 0 aliphatic carbocycles. The number of H-pyrrole nitrogens is 2. The number of methoxy groups -OCH3 is 2. The molecule has 0 bridgehead atoms. The third kappa shape index (κ3) is 3.98. The van der Waals surface area contributed by atoms with E-state index in [-0.39, 0.29) is 5.69 Å². The highest BCUT2D eigenvalue weighted by atomic mass is 16.5. The highest BCUT2D eigenvalue weighted by Crippen LogP contribution is 2.00. The number of hydrogen-bond donors (Lipinski definition) is 2. The summed E-state index contributed by atoms with van der Waals surface area (Å²) in [5.74, 6) is -2.10. The van der Waals surface area contributed by atoms with E-state index in [0.29, 0.717) is 0 Å². The monoisotopic (exact) mass is 271 g/mol. The zero-order valence-electron chi connectivity index (χ0n) is 10.4. The predicted octanol–water partition coefficient (Wildman–Crippen LogP) is -1.51. The van der Waals surface area contributed by atoms with Crippen molar-refractivity contribution in [3.05, 3.63) is 22.4 Å². The van der Waals surface area contributed by atoms with Gasteiger partial charge in [-0.1, -0.05) is 0 Å². The highest BCUT2D eigenvalue weighted by Gasteiger charge is 2.23. The smallest absolute Gasteiger partial charge is 0.325 e. The predicted molar refractivity (Wildman–Crippen MR) is 61.3 cm³/mol. The third-order valence-electron chi connectivity index (χ3n) is 2.21. The number of rotatable bonds is 5. The van der Waals surface area contributed by atoms with Crippen LogP contribution in [0.25, 0.3) is 0 Å². The van der Waals surface area contributed by atoms with Crippen LogP contribution < -0.4 is 5.69 Å². The fraction of sp³-hybridized carbons (Fsp3) is 0.400. The lowest BCUT2D eigenvalue weighted by Gasteiger charge is -2.18. The molecule has 0 saturated heterocycles. The van der Waals surface area contributed by atoms with Gasteiger partial charge in [0.1, 0.15) is 18.8 Å². The summed E-state index contributed by atoms with van der Waals surface area (Å²) in [5, 5.41) is 0. The topological polar surface area (TPSA) is 122 Å². The van der Waals surface area contributed by atoms with Crippen LogP contribution in [0, 0.1) is 0 Å². The Kier molecular flexibility index (Phi) is 4.86. The molecule has 0 aromatic carbocycles. The van der Waals surface area contributed by atoms with Gasteiger partial charge in [-0.15, -0.1) is 0 Å². The Bertz CT molecular complexity index is 513. The number of aromatic nitrogens is 2. The number of nitrogens with zero attached hydrogens (tertiary/aromatic N) is 1. The summed E-state index contributed by atoms with van der Waals surface area (Å²) in [6.45, 7) is -0.866. The summed E-state index contributed by atoms with van der Waals surface area (Å²) >= 11 is 0. The van der Waals surface area contributed by atoms with Crippen LogP contribution in [-0.2, 0) is 19.1 Å². The van der Waals surface area contributed by atoms with Gasteiger partial charge in [-0.3, -0.25) is 14.4 Å². The first kappa shape index (κ1) is 14.5. The molecule has 1 aromatic heterocycles. The molecule has 1 heterocycles.